The molecule has 0 radical (unpaired) electrons. The van der Waals surface area contributed by atoms with E-state index in [1.54, 1.807) is 0 Å². The molecule has 1 aromatic rings. The Labute approximate surface area is 98.6 Å². The summed E-state index contributed by atoms with van der Waals surface area (Å²) in [5.74, 6) is 0.377. The van der Waals surface area contributed by atoms with Crippen molar-refractivity contribution in [2.24, 2.45) is 5.92 Å². The van der Waals surface area contributed by atoms with Crippen LogP contribution in [0, 0.1) is 5.92 Å². The van der Waals surface area contributed by atoms with Gasteiger partial charge in [0.05, 0.1) is 0 Å². The maximum Gasteiger partial charge on any atom is 0.160 e. The number of benzene rings is 1. The smallest absolute Gasteiger partial charge is 0.160 e. The third-order valence-electron chi connectivity index (χ3n) is 2.53. The Bertz CT molecular complexity index is 265. The molecule has 0 aliphatic heterocycles. The summed E-state index contributed by atoms with van der Waals surface area (Å²) in [6.07, 6.45) is 0.904. The molecule has 1 rings (SSSR count). The van der Waals surface area contributed by atoms with Crippen molar-refractivity contribution in [1.82, 2.24) is 0 Å². The fourth-order valence-electron chi connectivity index (χ4n) is 1.79. The van der Waals surface area contributed by atoms with E-state index in [4.69, 9.17) is 9.47 Å². The Balaban J connectivity index is 2.51. The Kier molecular flexibility index (Phi) is 6.12. The molecule has 0 aromatic heterocycles. The van der Waals surface area contributed by atoms with Crippen LogP contribution in [0.5, 0.6) is 0 Å². The molecule has 0 N–H and O–H groups in total. The van der Waals surface area contributed by atoms with Gasteiger partial charge >= 0.3 is 0 Å². The van der Waals surface area contributed by atoms with Gasteiger partial charge < -0.3 is 9.47 Å². The molecule has 0 amide bonds. The molecule has 1 atom stereocenters. The van der Waals surface area contributed by atoms with Crippen molar-refractivity contribution < 1.29 is 9.47 Å². The lowest BCUT2D eigenvalue weighted by Gasteiger charge is -2.23. The van der Waals surface area contributed by atoms with E-state index in [9.17, 15) is 0 Å². The van der Waals surface area contributed by atoms with Crippen LogP contribution in [-0.2, 0) is 15.9 Å². The van der Waals surface area contributed by atoms with Crippen LogP contribution in [0.3, 0.4) is 0 Å². The van der Waals surface area contributed by atoms with Crippen molar-refractivity contribution in [3.8, 4) is 0 Å². The van der Waals surface area contributed by atoms with E-state index in [1.807, 2.05) is 19.9 Å². The lowest BCUT2D eigenvalue weighted by molar-refractivity contribution is -0.163. The predicted molar refractivity (Wildman–Crippen MR) is 66.4 cm³/mol. The van der Waals surface area contributed by atoms with Crippen LogP contribution < -0.4 is 0 Å². The van der Waals surface area contributed by atoms with Crippen molar-refractivity contribution >= 4 is 0 Å². The first-order valence-corrected chi connectivity index (χ1v) is 6.05. The Morgan fingerprint density at radius 2 is 1.56 bits per heavy atom. The highest BCUT2D eigenvalue weighted by molar-refractivity contribution is 5.15. The average Bonchev–Trinajstić information content (AvgIpc) is 2.30. The minimum atomic E-state index is -0.0878. The zero-order valence-electron chi connectivity index (χ0n) is 10.5. The Morgan fingerprint density at radius 3 is 2.06 bits per heavy atom. The van der Waals surface area contributed by atoms with Gasteiger partial charge in [-0.25, -0.2) is 0 Å². The second-order valence-electron chi connectivity index (χ2n) is 3.95. The molecule has 0 unspecified atom stereocenters. The minimum Gasteiger partial charge on any atom is -0.353 e. The molecule has 16 heavy (non-hydrogen) atoms. The maximum atomic E-state index is 5.59. The van der Waals surface area contributed by atoms with Gasteiger partial charge in [-0.05, 0) is 25.8 Å². The van der Waals surface area contributed by atoms with Crippen LogP contribution in [0.25, 0.3) is 0 Å². The second-order valence-corrected chi connectivity index (χ2v) is 3.95. The monoisotopic (exact) mass is 222 g/mol. The summed E-state index contributed by atoms with van der Waals surface area (Å²) in [5, 5.41) is 0. The fraction of sp³-hybridized carbons (Fsp3) is 0.571. The molecule has 90 valence electrons. The van der Waals surface area contributed by atoms with Gasteiger partial charge in [-0.3, -0.25) is 0 Å². The lowest BCUT2D eigenvalue weighted by Crippen LogP contribution is -2.27. The molecule has 0 saturated heterocycles. The standard InChI is InChI=1S/C14H22O2/c1-4-15-14(16-5-2)12(3)11-13-9-7-6-8-10-13/h6-10,12,14H,4-5,11H2,1-3H3/t12-/m0/s1. The van der Waals surface area contributed by atoms with E-state index in [-0.39, 0.29) is 6.29 Å². The molecule has 0 bridgehead atoms. The molecule has 0 spiro atoms. The summed E-state index contributed by atoms with van der Waals surface area (Å²) >= 11 is 0. The van der Waals surface area contributed by atoms with E-state index in [1.165, 1.54) is 5.56 Å². The third-order valence-corrected chi connectivity index (χ3v) is 2.53. The van der Waals surface area contributed by atoms with Gasteiger partial charge in [0.15, 0.2) is 6.29 Å². The molecule has 0 saturated carbocycles. The zero-order valence-corrected chi connectivity index (χ0v) is 10.5. The first-order valence-electron chi connectivity index (χ1n) is 6.05. The SMILES string of the molecule is CCOC(OCC)[C@@H](C)Cc1ccccc1. The van der Waals surface area contributed by atoms with Crippen LogP contribution in [0.1, 0.15) is 26.3 Å². The maximum absolute atomic E-state index is 5.59. The molecule has 0 heterocycles. The molecular formula is C14H22O2. The number of hydrogen-bond donors (Lipinski definition) is 0. The summed E-state index contributed by atoms with van der Waals surface area (Å²) in [6, 6.07) is 10.5. The van der Waals surface area contributed by atoms with Crippen LogP contribution in [0.15, 0.2) is 30.3 Å². The topological polar surface area (TPSA) is 18.5 Å². The number of ether oxygens (including phenoxy) is 2. The van der Waals surface area contributed by atoms with Crippen molar-refractivity contribution in [3.05, 3.63) is 35.9 Å². The minimum absolute atomic E-state index is 0.0878. The largest absolute Gasteiger partial charge is 0.353 e. The number of hydrogen-bond acceptors (Lipinski definition) is 2. The van der Waals surface area contributed by atoms with E-state index in [0.29, 0.717) is 19.1 Å². The third kappa shape index (κ3) is 4.33. The summed E-state index contributed by atoms with van der Waals surface area (Å²) in [6.45, 7) is 7.57. The molecule has 0 fully saturated rings. The van der Waals surface area contributed by atoms with Crippen LogP contribution in [-0.4, -0.2) is 19.5 Å². The molecule has 0 aliphatic rings. The zero-order chi connectivity index (χ0) is 11.8. The van der Waals surface area contributed by atoms with Crippen LogP contribution in [0.4, 0.5) is 0 Å². The first-order chi connectivity index (χ1) is 7.77. The van der Waals surface area contributed by atoms with Gasteiger partial charge in [0.25, 0.3) is 0 Å². The average molecular weight is 222 g/mol. The van der Waals surface area contributed by atoms with Crippen molar-refractivity contribution in [3.63, 3.8) is 0 Å². The summed E-state index contributed by atoms with van der Waals surface area (Å²) < 4.78 is 11.2. The molecule has 0 aliphatic carbocycles. The van der Waals surface area contributed by atoms with Crippen LogP contribution >= 0.6 is 0 Å². The van der Waals surface area contributed by atoms with E-state index < -0.39 is 0 Å². The van der Waals surface area contributed by atoms with Gasteiger partial charge in [0, 0.05) is 19.1 Å². The van der Waals surface area contributed by atoms with E-state index in [0.717, 1.165) is 6.42 Å². The number of rotatable bonds is 7. The first kappa shape index (κ1) is 13.2. The Hall–Kier alpha value is -0.860. The van der Waals surface area contributed by atoms with Crippen molar-refractivity contribution in [1.29, 1.82) is 0 Å². The van der Waals surface area contributed by atoms with Gasteiger partial charge in [-0.1, -0.05) is 37.3 Å². The highest BCUT2D eigenvalue weighted by Crippen LogP contribution is 2.15. The van der Waals surface area contributed by atoms with Gasteiger partial charge in [0.1, 0.15) is 0 Å². The van der Waals surface area contributed by atoms with Crippen molar-refractivity contribution in [2.45, 2.75) is 33.5 Å². The van der Waals surface area contributed by atoms with E-state index >= 15 is 0 Å². The van der Waals surface area contributed by atoms with Gasteiger partial charge in [-0.15, -0.1) is 0 Å². The van der Waals surface area contributed by atoms with Gasteiger partial charge in [0.2, 0.25) is 0 Å². The summed E-state index contributed by atoms with van der Waals surface area (Å²) in [7, 11) is 0. The van der Waals surface area contributed by atoms with E-state index in [2.05, 4.69) is 31.2 Å². The Morgan fingerprint density at radius 1 is 1.00 bits per heavy atom. The van der Waals surface area contributed by atoms with Crippen molar-refractivity contribution in [2.75, 3.05) is 13.2 Å². The summed E-state index contributed by atoms with van der Waals surface area (Å²) in [5.41, 5.74) is 1.33. The van der Waals surface area contributed by atoms with Gasteiger partial charge in [-0.2, -0.15) is 0 Å². The molecule has 2 heteroatoms. The predicted octanol–water partition coefficient (Wildman–Crippen LogP) is 3.26. The normalized spacial score (nSPS) is 13.0. The lowest BCUT2D eigenvalue weighted by atomic mass is 10.0. The highest BCUT2D eigenvalue weighted by Gasteiger charge is 2.17. The second kappa shape index (κ2) is 7.42. The van der Waals surface area contributed by atoms with Crippen LogP contribution in [0.2, 0.25) is 0 Å². The highest BCUT2D eigenvalue weighted by atomic mass is 16.7. The molecule has 2 nitrogen and oxygen atoms in total. The quantitative estimate of drug-likeness (QED) is 0.659. The fourth-order valence-corrected chi connectivity index (χ4v) is 1.79. The summed E-state index contributed by atoms with van der Waals surface area (Å²) in [4.78, 5) is 0. The molecule has 1 aromatic carbocycles. The molecular weight excluding hydrogens is 200 g/mol.